The molecule has 0 saturated heterocycles. The van der Waals surface area contributed by atoms with Crippen LogP contribution < -0.4 is 5.32 Å². The summed E-state index contributed by atoms with van der Waals surface area (Å²) in [6.07, 6.45) is 3.75. The van der Waals surface area contributed by atoms with Crippen molar-refractivity contribution in [1.29, 1.82) is 0 Å². The lowest BCUT2D eigenvalue weighted by Crippen LogP contribution is -2.08. The molecular weight excluding hydrogens is 238 g/mol. The molecule has 5 nitrogen and oxygen atoms in total. The first-order valence-electron chi connectivity index (χ1n) is 6.78. The van der Waals surface area contributed by atoms with Gasteiger partial charge in [-0.05, 0) is 26.3 Å². The van der Waals surface area contributed by atoms with Gasteiger partial charge >= 0.3 is 0 Å². The van der Waals surface area contributed by atoms with Gasteiger partial charge in [0, 0.05) is 31.8 Å². The van der Waals surface area contributed by atoms with Crippen molar-refractivity contribution in [3.05, 3.63) is 23.7 Å². The van der Waals surface area contributed by atoms with Gasteiger partial charge in [0.2, 0.25) is 0 Å². The Kier molecular flexibility index (Phi) is 4.14. The van der Waals surface area contributed by atoms with E-state index in [-0.39, 0.29) is 0 Å². The highest BCUT2D eigenvalue weighted by molar-refractivity contribution is 5.65. The van der Waals surface area contributed by atoms with Gasteiger partial charge < -0.3 is 5.32 Å². The van der Waals surface area contributed by atoms with Crippen molar-refractivity contribution in [3.8, 4) is 11.4 Å². The number of aromatic nitrogens is 4. The van der Waals surface area contributed by atoms with Crippen LogP contribution in [0.5, 0.6) is 0 Å². The van der Waals surface area contributed by atoms with E-state index in [4.69, 9.17) is 4.98 Å². The summed E-state index contributed by atoms with van der Waals surface area (Å²) in [4.78, 5) is 9.26. The van der Waals surface area contributed by atoms with Crippen LogP contribution in [0.1, 0.15) is 31.7 Å². The van der Waals surface area contributed by atoms with E-state index in [0.29, 0.717) is 0 Å². The maximum atomic E-state index is 4.71. The van der Waals surface area contributed by atoms with E-state index in [1.165, 1.54) is 0 Å². The van der Waals surface area contributed by atoms with Gasteiger partial charge in [0.25, 0.3) is 0 Å². The zero-order valence-corrected chi connectivity index (χ0v) is 12.1. The standard InChI is InChI=1S/C14H21N5/c1-5-7-12-17-13(10(3)14(15-4)18-12)11-8-9-16-19(11)6-2/h8-9H,5-7H2,1-4H3,(H,15,17,18). The minimum Gasteiger partial charge on any atom is -0.373 e. The third-order valence-electron chi connectivity index (χ3n) is 3.16. The minimum absolute atomic E-state index is 0.837. The van der Waals surface area contributed by atoms with Gasteiger partial charge in [-0.1, -0.05) is 6.92 Å². The predicted octanol–water partition coefficient (Wildman–Crippen LogP) is 2.66. The second-order valence-corrected chi connectivity index (χ2v) is 4.49. The van der Waals surface area contributed by atoms with Gasteiger partial charge in [-0.25, -0.2) is 9.97 Å². The molecule has 1 N–H and O–H groups in total. The zero-order valence-electron chi connectivity index (χ0n) is 12.1. The summed E-state index contributed by atoms with van der Waals surface area (Å²) in [7, 11) is 1.89. The fraction of sp³-hybridized carbons (Fsp3) is 0.500. The molecule has 0 aliphatic heterocycles. The number of hydrogen-bond acceptors (Lipinski definition) is 4. The van der Waals surface area contributed by atoms with Crippen molar-refractivity contribution in [2.24, 2.45) is 0 Å². The van der Waals surface area contributed by atoms with Gasteiger partial charge in [-0.15, -0.1) is 0 Å². The lowest BCUT2D eigenvalue weighted by atomic mass is 10.1. The highest BCUT2D eigenvalue weighted by atomic mass is 15.3. The van der Waals surface area contributed by atoms with E-state index >= 15 is 0 Å². The average Bonchev–Trinajstić information content (AvgIpc) is 2.89. The fourth-order valence-electron chi connectivity index (χ4n) is 2.18. The molecule has 0 spiro atoms. The molecule has 2 rings (SSSR count). The molecule has 0 aliphatic carbocycles. The number of nitrogens with zero attached hydrogens (tertiary/aromatic N) is 4. The SMILES string of the molecule is CCCc1nc(NC)c(C)c(-c2ccnn2CC)n1. The van der Waals surface area contributed by atoms with Crippen LogP contribution in [0.25, 0.3) is 11.4 Å². The Morgan fingerprint density at radius 2 is 2.05 bits per heavy atom. The van der Waals surface area contributed by atoms with E-state index in [9.17, 15) is 0 Å². The zero-order chi connectivity index (χ0) is 13.8. The van der Waals surface area contributed by atoms with Crippen LogP contribution in [0.3, 0.4) is 0 Å². The fourth-order valence-corrected chi connectivity index (χ4v) is 2.18. The third-order valence-corrected chi connectivity index (χ3v) is 3.16. The van der Waals surface area contributed by atoms with Gasteiger partial charge in [0.1, 0.15) is 11.6 Å². The lowest BCUT2D eigenvalue weighted by Gasteiger charge is -2.13. The Hall–Kier alpha value is -1.91. The first kappa shape index (κ1) is 13.5. The van der Waals surface area contributed by atoms with Crippen molar-refractivity contribution in [2.45, 2.75) is 40.2 Å². The lowest BCUT2D eigenvalue weighted by molar-refractivity contribution is 0.664. The van der Waals surface area contributed by atoms with Crippen LogP contribution >= 0.6 is 0 Å². The van der Waals surface area contributed by atoms with Crippen LogP contribution in [0.2, 0.25) is 0 Å². The Labute approximate surface area is 114 Å². The molecule has 0 atom stereocenters. The maximum Gasteiger partial charge on any atom is 0.133 e. The predicted molar refractivity (Wildman–Crippen MR) is 77.2 cm³/mol. The van der Waals surface area contributed by atoms with Gasteiger partial charge in [0.15, 0.2) is 0 Å². The molecule has 102 valence electrons. The molecule has 2 aromatic heterocycles. The van der Waals surface area contributed by atoms with Crippen molar-refractivity contribution in [1.82, 2.24) is 19.7 Å². The molecule has 5 heteroatoms. The van der Waals surface area contributed by atoms with Gasteiger partial charge in [0.05, 0.1) is 11.4 Å². The number of aryl methyl sites for hydroxylation is 2. The number of hydrogen-bond donors (Lipinski definition) is 1. The molecule has 0 bridgehead atoms. The minimum atomic E-state index is 0.837. The summed E-state index contributed by atoms with van der Waals surface area (Å²) < 4.78 is 1.96. The molecule has 2 aromatic rings. The molecule has 19 heavy (non-hydrogen) atoms. The molecule has 0 unspecified atom stereocenters. The summed E-state index contributed by atoms with van der Waals surface area (Å²) in [5.74, 6) is 1.79. The highest BCUT2D eigenvalue weighted by Crippen LogP contribution is 2.25. The molecule has 0 aromatic carbocycles. The van der Waals surface area contributed by atoms with Crippen molar-refractivity contribution in [2.75, 3.05) is 12.4 Å². The largest absolute Gasteiger partial charge is 0.373 e. The Balaban J connectivity index is 2.58. The monoisotopic (exact) mass is 259 g/mol. The number of rotatable bonds is 5. The quantitative estimate of drug-likeness (QED) is 0.897. The highest BCUT2D eigenvalue weighted by Gasteiger charge is 2.14. The second kappa shape index (κ2) is 5.82. The summed E-state index contributed by atoms with van der Waals surface area (Å²) in [5.41, 5.74) is 3.09. The summed E-state index contributed by atoms with van der Waals surface area (Å²) in [5, 5.41) is 7.47. The Bertz CT molecular complexity index is 559. The molecule has 2 heterocycles. The third kappa shape index (κ3) is 2.59. The van der Waals surface area contributed by atoms with Gasteiger partial charge in [-0.2, -0.15) is 5.10 Å². The van der Waals surface area contributed by atoms with Crippen LogP contribution in [-0.2, 0) is 13.0 Å². The van der Waals surface area contributed by atoms with Crippen molar-refractivity contribution in [3.63, 3.8) is 0 Å². The second-order valence-electron chi connectivity index (χ2n) is 4.49. The summed E-state index contributed by atoms with van der Waals surface area (Å²) >= 11 is 0. The molecule has 0 aliphatic rings. The van der Waals surface area contributed by atoms with Gasteiger partial charge in [-0.3, -0.25) is 4.68 Å². The van der Waals surface area contributed by atoms with Crippen LogP contribution in [-0.4, -0.2) is 26.8 Å². The molecule has 0 fully saturated rings. The molecular formula is C14H21N5. The summed E-state index contributed by atoms with van der Waals surface area (Å²) in [6.45, 7) is 7.10. The molecule has 0 saturated carbocycles. The number of anilines is 1. The molecule has 0 radical (unpaired) electrons. The van der Waals surface area contributed by atoms with Crippen LogP contribution in [0.4, 0.5) is 5.82 Å². The van der Waals surface area contributed by atoms with Crippen LogP contribution in [0, 0.1) is 6.92 Å². The van der Waals surface area contributed by atoms with E-state index in [1.807, 2.05) is 30.9 Å². The summed E-state index contributed by atoms with van der Waals surface area (Å²) in [6, 6.07) is 2.01. The molecule has 0 amide bonds. The normalized spacial score (nSPS) is 10.7. The van der Waals surface area contributed by atoms with Crippen molar-refractivity contribution >= 4 is 5.82 Å². The first-order chi connectivity index (χ1) is 9.21. The maximum absolute atomic E-state index is 4.71. The smallest absolute Gasteiger partial charge is 0.133 e. The Morgan fingerprint density at radius 3 is 2.68 bits per heavy atom. The van der Waals surface area contributed by atoms with E-state index in [2.05, 4.69) is 29.2 Å². The number of nitrogens with one attached hydrogen (secondary N) is 1. The topological polar surface area (TPSA) is 55.6 Å². The van der Waals surface area contributed by atoms with E-state index in [0.717, 1.165) is 48.0 Å². The van der Waals surface area contributed by atoms with E-state index < -0.39 is 0 Å². The van der Waals surface area contributed by atoms with Crippen LogP contribution in [0.15, 0.2) is 12.3 Å². The van der Waals surface area contributed by atoms with Crippen molar-refractivity contribution < 1.29 is 0 Å². The van der Waals surface area contributed by atoms with E-state index in [1.54, 1.807) is 0 Å². The average molecular weight is 259 g/mol. The Morgan fingerprint density at radius 1 is 1.26 bits per heavy atom. The first-order valence-corrected chi connectivity index (χ1v) is 6.78.